The van der Waals surface area contributed by atoms with Gasteiger partial charge in [-0.2, -0.15) is 13.9 Å². The first-order valence-corrected chi connectivity index (χ1v) is 5.41. The van der Waals surface area contributed by atoms with E-state index in [9.17, 15) is 13.6 Å². The highest BCUT2D eigenvalue weighted by Gasteiger charge is 2.11. The summed E-state index contributed by atoms with van der Waals surface area (Å²) in [6, 6.07) is 3.23. The minimum Gasteiger partial charge on any atom is -0.327 e. The van der Waals surface area contributed by atoms with E-state index in [4.69, 9.17) is 5.73 Å². The van der Waals surface area contributed by atoms with Crippen LogP contribution in [0.15, 0.2) is 47.3 Å². The maximum Gasteiger partial charge on any atom is 0.350 e. The van der Waals surface area contributed by atoms with Crippen molar-refractivity contribution in [3.05, 3.63) is 53.0 Å². The molecule has 0 bridgehead atoms. The Hall–Kier alpha value is -2.35. The smallest absolute Gasteiger partial charge is 0.327 e. The van der Waals surface area contributed by atoms with Gasteiger partial charge in [-0.05, 0) is 12.1 Å². The summed E-state index contributed by atoms with van der Waals surface area (Å²) in [6.07, 6.45) is 2.42. The number of hydrogen-bond acceptors (Lipinski definition) is 4. The normalized spacial score (nSPS) is 10.5. The van der Waals surface area contributed by atoms with E-state index >= 15 is 0 Å². The lowest BCUT2D eigenvalue weighted by Crippen LogP contribution is -2.26. The van der Waals surface area contributed by atoms with Crippen molar-refractivity contribution >= 4 is 0 Å². The highest BCUT2D eigenvalue weighted by molar-refractivity contribution is 5.27. The van der Waals surface area contributed by atoms with Gasteiger partial charge in [-0.25, -0.2) is 14.0 Å². The van der Waals surface area contributed by atoms with Gasteiger partial charge in [0.2, 0.25) is 0 Å². The van der Waals surface area contributed by atoms with Gasteiger partial charge in [0.1, 0.15) is 6.33 Å². The average molecular weight is 267 g/mol. The fourth-order valence-electron chi connectivity index (χ4n) is 1.51. The lowest BCUT2D eigenvalue weighted by Gasteiger charge is -2.02. The van der Waals surface area contributed by atoms with E-state index in [1.165, 1.54) is 23.3 Å². The molecule has 100 valence electrons. The lowest BCUT2D eigenvalue weighted by atomic mass is 10.3. The summed E-state index contributed by atoms with van der Waals surface area (Å²) < 4.78 is 27.2. The Labute approximate surface area is 106 Å². The number of hydrogen-bond donors (Lipinski definition) is 1. The number of aromatic nitrogens is 4. The Morgan fingerprint density at radius 1 is 1.32 bits per heavy atom. The van der Waals surface area contributed by atoms with Crippen LogP contribution in [0.3, 0.4) is 0 Å². The number of nitrogens with zero attached hydrogens (tertiary/aromatic N) is 4. The van der Waals surface area contributed by atoms with E-state index in [0.29, 0.717) is 5.69 Å². The van der Waals surface area contributed by atoms with Crippen LogP contribution in [-0.4, -0.2) is 25.9 Å². The summed E-state index contributed by atoms with van der Waals surface area (Å²) in [5.74, 6) is 0. The molecule has 2 aromatic heterocycles. The Balaban J connectivity index is 2.35. The molecule has 2 rings (SSSR count). The van der Waals surface area contributed by atoms with E-state index in [2.05, 4.69) is 10.1 Å². The predicted octanol–water partition coefficient (Wildman–Crippen LogP) is 0.538. The molecule has 0 fully saturated rings. The topological polar surface area (TPSA) is 78.7 Å². The van der Waals surface area contributed by atoms with Crippen LogP contribution in [0.2, 0.25) is 0 Å². The minimum atomic E-state index is -1.88. The molecule has 0 aliphatic heterocycles. The molecule has 19 heavy (non-hydrogen) atoms. The first-order valence-electron chi connectivity index (χ1n) is 5.41. The van der Waals surface area contributed by atoms with E-state index < -0.39 is 11.8 Å². The van der Waals surface area contributed by atoms with Gasteiger partial charge in [0.25, 0.3) is 6.08 Å². The molecule has 6 nitrogen and oxygen atoms in total. The third kappa shape index (κ3) is 2.74. The van der Waals surface area contributed by atoms with Crippen molar-refractivity contribution in [2.24, 2.45) is 5.73 Å². The van der Waals surface area contributed by atoms with Crippen LogP contribution in [0.4, 0.5) is 8.78 Å². The summed E-state index contributed by atoms with van der Waals surface area (Å²) >= 11 is 0. The molecule has 0 saturated heterocycles. The van der Waals surface area contributed by atoms with Crippen molar-refractivity contribution in [2.75, 3.05) is 6.54 Å². The van der Waals surface area contributed by atoms with Crippen molar-refractivity contribution in [2.45, 2.75) is 6.54 Å². The SMILES string of the molecule is NCC(Cn1ncn(-c2ccncc2)c1=O)=C(F)F. The first kappa shape index (κ1) is 13.1. The van der Waals surface area contributed by atoms with E-state index in [-0.39, 0.29) is 18.7 Å². The quantitative estimate of drug-likeness (QED) is 0.876. The Morgan fingerprint density at radius 3 is 2.58 bits per heavy atom. The average Bonchev–Trinajstić information content (AvgIpc) is 2.78. The van der Waals surface area contributed by atoms with Gasteiger partial charge in [0, 0.05) is 24.5 Å². The summed E-state index contributed by atoms with van der Waals surface area (Å²) in [6.45, 7) is -0.646. The molecule has 8 heteroatoms. The van der Waals surface area contributed by atoms with Crippen molar-refractivity contribution < 1.29 is 8.78 Å². The maximum atomic E-state index is 12.5. The molecular formula is C11H11F2N5O. The van der Waals surface area contributed by atoms with Crippen LogP contribution in [0.1, 0.15) is 0 Å². The van der Waals surface area contributed by atoms with Gasteiger partial charge in [0.05, 0.1) is 12.2 Å². The number of nitrogens with two attached hydrogens (primary N) is 1. The summed E-state index contributed by atoms with van der Waals surface area (Å²) in [4.78, 5) is 15.8. The molecule has 0 amide bonds. The van der Waals surface area contributed by atoms with Crippen LogP contribution in [-0.2, 0) is 6.54 Å². The molecule has 0 aliphatic rings. The largest absolute Gasteiger partial charge is 0.350 e. The first-order chi connectivity index (χ1) is 9.13. The fourth-order valence-corrected chi connectivity index (χ4v) is 1.51. The summed E-state index contributed by atoms with van der Waals surface area (Å²) in [7, 11) is 0. The Kier molecular flexibility index (Phi) is 3.81. The standard InChI is InChI=1S/C11H11F2N5O/c12-10(13)8(5-14)6-18-11(19)17(7-16-18)9-1-3-15-4-2-9/h1-4,7H,5-6,14H2. The van der Waals surface area contributed by atoms with Crippen molar-refractivity contribution in [1.29, 1.82) is 0 Å². The fraction of sp³-hybridized carbons (Fsp3) is 0.182. The van der Waals surface area contributed by atoms with Crippen LogP contribution in [0.25, 0.3) is 5.69 Å². The van der Waals surface area contributed by atoms with Gasteiger partial charge in [-0.3, -0.25) is 4.98 Å². The van der Waals surface area contributed by atoms with E-state index in [1.54, 1.807) is 12.1 Å². The van der Waals surface area contributed by atoms with Crippen LogP contribution >= 0.6 is 0 Å². The van der Waals surface area contributed by atoms with Gasteiger partial charge in [-0.15, -0.1) is 0 Å². The molecule has 2 aromatic rings. The molecule has 0 spiro atoms. The molecule has 0 atom stereocenters. The molecule has 2 heterocycles. The second-order valence-electron chi connectivity index (χ2n) is 3.71. The van der Waals surface area contributed by atoms with Crippen LogP contribution < -0.4 is 11.4 Å². The van der Waals surface area contributed by atoms with Crippen molar-refractivity contribution in [1.82, 2.24) is 19.3 Å². The van der Waals surface area contributed by atoms with Crippen molar-refractivity contribution in [3.8, 4) is 5.69 Å². The van der Waals surface area contributed by atoms with Gasteiger partial charge in [-0.1, -0.05) is 0 Å². The summed E-state index contributed by atoms with van der Waals surface area (Å²) in [5, 5.41) is 3.79. The van der Waals surface area contributed by atoms with Crippen molar-refractivity contribution in [3.63, 3.8) is 0 Å². The minimum absolute atomic E-state index is 0.318. The number of rotatable bonds is 4. The second kappa shape index (κ2) is 5.53. The third-order valence-corrected chi connectivity index (χ3v) is 2.53. The predicted molar refractivity (Wildman–Crippen MR) is 63.9 cm³/mol. The van der Waals surface area contributed by atoms with Gasteiger partial charge in [0.15, 0.2) is 0 Å². The Bertz CT molecular complexity index is 643. The summed E-state index contributed by atoms with van der Waals surface area (Å²) in [5.41, 5.74) is 4.92. The Morgan fingerprint density at radius 2 is 2.00 bits per heavy atom. The third-order valence-electron chi connectivity index (χ3n) is 2.53. The molecule has 0 aliphatic carbocycles. The number of pyridine rings is 1. The molecule has 2 N–H and O–H groups in total. The molecule has 0 radical (unpaired) electrons. The van der Waals surface area contributed by atoms with E-state index in [0.717, 1.165) is 4.68 Å². The molecule has 0 unspecified atom stereocenters. The molecule has 0 aromatic carbocycles. The second-order valence-corrected chi connectivity index (χ2v) is 3.71. The number of halogens is 2. The monoisotopic (exact) mass is 267 g/mol. The van der Waals surface area contributed by atoms with E-state index in [1.807, 2.05) is 0 Å². The molecular weight excluding hydrogens is 256 g/mol. The van der Waals surface area contributed by atoms with Crippen LogP contribution in [0, 0.1) is 0 Å². The van der Waals surface area contributed by atoms with Gasteiger partial charge < -0.3 is 5.73 Å². The zero-order valence-corrected chi connectivity index (χ0v) is 9.83. The van der Waals surface area contributed by atoms with Gasteiger partial charge >= 0.3 is 5.69 Å². The highest BCUT2D eigenvalue weighted by atomic mass is 19.3. The molecule has 0 saturated carbocycles. The zero-order valence-electron chi connectivity index (χ0n) is 9.83. The highest BCUT2D eigenvalue weighted by Crippen LogP contribution is 2.08. The maximum absolute atomic E-state index is 12.5. The zero-order chi connectivity index (χ0) is 13.8. The van der Waals surface area contributed by atoms with Crippen LogP contribution in [0.5, 0.6) is 0 Å². The lowest BCUT2D eigenvalue weighted by molar-refractivity contribution is 0.400.